The Morgan fingerprint density at radius 2 is 1.46 bits per heavy atom. The van der Waals surface area contributed by atoms with E-state index in [0.29, 0.717) is 0 Å². The standard InChI is InChI=1S/C10H13FN2O.C6H4FNO2.H2/c1-10(2,3)13-9(14)8-5-4-7(11)6-12-8;7-4-1-2-5(6(9)10)8-3-4;/h4-6H,1-3H3,(H,13,14);1-3H,(H,9,10);1H. The van der Waals surface area contributed by atoms with E-state index in [1.54, 1.807) is 0 Å². The lowest BCUT2D eigenvalue weighted by atomic mass is 10.1. The lowest BCUT2D eigenvalue weighted by molar-refractivity contribution is 0.0690. The van der Waals surface area contributed by atoms with Gasteiger partial charge in [0.05, 0.1) is 12.4 Å². The molecule has 0 aliphatic heterocycles. The van der Waals surface area contributed by atoms with E-state index in [4.69, 9.17) is 5.11 Å². The highest BCUT2D eigenvalue weighted by Crippen LogP contribution is 2.03. The summed E-state index contributed by atoms with van der Waals surface area (Å²) in [4.78, 5) is 28.6. The number of halogens is 2. The number of nitrogens with one attached hydrogen (secondary N) is 1. The minimum atomic E-state index is -1.15. The zero-order chi connectivity index (χ0) is 18.3. The maximum atomic E-state index is 12.5. The van der Waals surface area contributed by atoms with Crippen molar-refractivity contribution in [3.63, 3.8) is 0 Å². The van der Waals surface area contributed by atoms with E-state index in [0.717, 1.165) is 24.5 Å². The van der Waals surface area contributed by atoms with Crippen LogP contribution >= 0.6 is 0 Å². The number of aromatic carboxylic acids is 1. The molecule has 0 saturated carbocycles. The predicted octanol–water partition coefficient (Wildman–Crippen LogP) is 2.91. The van der Waals surface area contributed by atoms with Crippen molar-refractivity contribution in [1.82, 2.24) is 15.3 Å². The van der Waals surface area contributed by atoms with Gasteiger partial charge in [-0.15, -0.1) is 0 Å². The molecule has 2 heterocycles. The summed E-state index contributed by atoms with van der Waals surface area (Å²) in [6.45, 7) is 5.61. The number of rotatable bonds is 2. The lowest BCUT2D eigenvalue weighted by Crippen LogP contribution is -2.40. The highest BCUT2D eigenvalue weighted by Gasteiger charge is 2.15. The summed E-state index contributed by atoms with van der Waals surface area (Å²) in [6, 6.07) is 4.73. The van der Waals surface area contributed by atoms with E-state index in [1.807, 2.05) is 20.8 Å². The first-order valence-electron chi connectivity index (χ1n) is 6.87. The second-order valence-electron chi connectivity index (χ2n) is 5.73. The van der Waals surface area contributed by atoms with Crippen LogP contribution in [0.15, 0.2) is 36.7 Å². The number of carboxylic acids is 1. The van der Waals surface area contributed by atoms with Crippen molar-refractivity contribution < 1.29 is 24.9 Å². The molecular weight excluding hydrogens is 320 g/mol. The Bertz CT molecular complexity index is 702. The monoisotopic (exact) mass is 339 g/mol. The number of carbonyl (C=O) groups is 2. The number of hydrogen-bond acceptors (Lipinski definition) is 4. The van der Waals surface area contributed by atoms with Crippen molar-refractivity contribution >= 4 is 11.9 Å². The molecule has 0 aliphatic rings. The Kier molecular flexibility index (Phi) is 6.46. The fraction of sp³-hybridized carbons (Fsp3) is 0.250. The molecule has 6 nitrogen and oxygen atoms in total. The van der Waals surface area contributed by atoms with Crippen LogP contribution in [-0.4, -0.2) is 32.5 Å². The number of carboxylic acid groups (broad SMARTS) is 1. The lowest BCUT2D eigenvalue weighted by Gasteiger charge is -2.19. The van der Waals surface area contributed by atoms with Crippen LogP contribution in [0.3, 0.4) is 0 Å². The van der Waals surface area contributed by atoms with Crippen molar-refractivity contribution in [2.24, 2.45) is 0 Å². The zero-order valence-corrected chi connectivity index (χ0v) is 13.4. The molecule has 2 rings (SSSR count). The number of aromatic nitrogens is 2. The molecule has 2 N–H and O–H groups in total. The third kappa shape index (κ3) is 6.91. The average molecular weight is 339 g/mol. The van der Waals surface area contributed by atoms with Gasteiger partial charge in [-0.1, -0.05) is 0 Å². The summed E-state index contributed by atoms with van der Waals surface area (Å²) in [6.07, 6.45) is 1.89. The summed E-state index contributed by atoms with van der Waals surface area (Å²) in [5.41, 5.74) is -0.240. The maximum Gasteiger partial charge on any atom is 0.354 e. The van der Waals surface area contributed by atoms with E-state index in [2.05, 4.69) is 15.3 Å². The van der Waals surface area contributed by atoms with E-state index < -0.39 is 17.6 Å². The Balaban J connectivity index is 0.000000465. The topological polar surface area (TPSA) is 92.2 Å². The van der Waals surface area contributed by atoms with Crippen LogP contribution in [0.2, 0.25) is 0 Å². The van der Waals surface area contributed by atoms with Gasteiger partial charge in [0.15, 0.2) is 0 Å². The Labute approximate surface area is 139 Å². The molecule has 0 bridgehead atoms. The molecule has 0 aromatic carbocycles. The maximum absolute atomic E-state index is 12.5. The average Bonchev–Trinajstić information content (AvgIpc) is 2.47. The normalized spacial score (nSPS) is 10.4. The molecule has 2 aromatic heterocycles. The van der Waals surface area contributed by atoms with Gasteiger partial charge in [0.2, 0.25) is 0 Å². The summed E-state index contributed by atoms with van der Waals surface area (Å²) < 4.78 is 24.6. The van der Waals surface area contributed by atoms with Crippen LogP contribution in [-0.2, 0) is 0 Å². The highest BCUT2D eigenvalue weighted by molar-refractivity contribution is 5.92. The van der Waals surface area contributed by atoms with Crippen LogP contribution in [0.1, 0.15) is 43.2 Å². The summed E-state index contributed by atoms with van der Waals surface area (Å²) in [5.74, 6) is -2.43. The van der Waals surface area contributed by atoms with Gasteiger partial charge >= 0.3 is 5.97 Å². The minimum Gasteiger partial charge on any atom is -0.477 e. The molecule has 130 valence electrons. The van der Waals surface area contributed by atoms with Crippen molar-refractivity contribution in [2.45, 2.75) is 26.3 Å². The molecule has 0 aliphatic carbocycles. The second-order valence-corrected chi connectivity index (χ2v) is 5.73. The van der Waals surface area contributed by atoms with Gasteiger partial charge in [0.25, 0.3) is 5.91 Å². The van der Waals surface area contributed by atoms with Gasteiger partial charge in [-0.3, -0.25) is 4.79 Å². The Hall–Kier alpha value is -2.90. The van der Waals surface area contributed by atoms with Crippen molar-refractivity contribution in [1.29, 1.82) is 0 Å². The molecule has 2 aromatic rings. The third-order valence-electron chi connectivity index (χ3n) is 2.40. The summed E-state index contributed by atoms with van der Waals surface area (Å²) >= 11 is 0. The summed E-state index contributed by atoms with van der Waals surface area (Å²) in [5, 5.41) is 11.0. The van der Waals surface area contributed by atoms with E-state index in [9.17, 15) is 18.4 Å². The summed E-state index contributed by atoms with van der Waals surface area (Å²) in [7, 11) is 0. The third-order valence-corrected chi connectivity index (χ3v) is 2.40. The first-order chi connectivity index (χ1) is 11.1. The molecule has 0 unspecified atom stereocenters. The molecule has 0 atom stereocenters. The van der Waals surface area contributed by atoms with Gasteiger partial charge in [-0.2, -0.15) is 0 Å². The Morgan fingerprint density at radius 1 is 1.00 bits per heavy atom. The highest BCUT2D eigenvalue weighted by atomic mass is 19.1. The second kappa shape index (κ2) is 8.09. The molecule has 0 fully saturated rings. The van der Waals surface area contributed by atoms with Crippen molar-refractivity contribution in [3.05, 3.63) is 59.7 Å². The molecule has 0 saturated heterocycles. The quantitative estimate of drug-likeness (QED) is 0.878. The predicted molar refractivity (Wildman–Crippen MR) is 84.7 cm³/mol. The minimum absolute atomic E-state index is 0. The van der Waals surface area contributed by atoms with Crippen LogP contribution in [0.5, 0.6) is 0 Å². The molecule has 8 heteroatoms. The number of hydrogen-bond donors (Lipinski definition) is 2. The van der Waals surface area contributed by atoms with E-state index in [-0.39, 0.29) is 24.3 Å². The number of nitrogens with zero attached hydrogens (tertiary/aromatic N) is 2. The van der Waals surface area contributed by atoms with Crippen LogP contribution in [0.4, 0.5) is 8.78 Å². The van der Waals surface area contributed by atoms with Gasteiger partial charge in [-0.25, -0.2) is 23.5 Å². The SMILES string of the molecule is CC(C)(C)NC(=O)c1ccc(F)cn1.O=C(O)c1ccc(F)cn1.[HH]. The molecule has 0 radical (unpaired) electrons. The van der Waals surface area contributed by atoms with E-state index in [1.165, 1.54) is 12.1 Å². The number of carbonyl (C=O) groups excluding carboxylic acids is 1. The Morgan fingerprint density at radius 3 is 1.79 bits per heavy atom. The number of pyridine rings is 2. The van der Waals surface area contributed by atoms with Gasteiger partial charge < -0.3 is 10.4 Å². The van der Waals surface area contributed by atoms with Crippen LogP contribution < -0.4 is 5.32 Å². The smallest absolute Gasteiger partial charge is 0.354 e. The van der Waals surface area contributed by atoms with Crippen LogP contribution in [0, 0.1) is 11.6 Å². The van der Waals surface area contributed by atoms with Gasteiger partial charge in [0, 0.05) is 6.97 Å². The first-order valence-corrected chi connectivity index (χ1v) is 6.87. The van der Waals surface area contributed by atoms with Crippen molar-refractivity contribution in [3.8, 4) is 0 Å². The fourth-order valence-corrected chi connectivity index (χ4v) is 1.42. The fourth-order valence-electron chi connectivity index (χ4n) is 1.42. The van der Waals surface area contributed by atoms with Gasteiger partial charge in [0.1, 0.15) is 23.0 Å². The molecule has 1 amide bonds. The van der Waals surface area contributed by atoms with Crippen molar-refractivity contribution in [2.75, 3.05) is 0 Å². The molecule has 24 heavy (non-hydrogen) atoms. The zero-order valence-electron chi connectivity index (χ0n) is 13.4. The first kappa shape index (κ1) is 19.1. The van der Waals surface area contributed by atoms with Crippen LogP contribution in [0.25, 0.3) is 0 Å². The largest absolute Gasteiger partial charge is 0.477 e. The number of amides is 1. The van der Waals surface area contributed by atoms with Gasteiger partial charge in [-0.05, 0) is 45.0 Å². The molecule has 0 spiro atoms. The van der Waals surface area contributed by atoms with E-state index >= 15 is 0 Å². The molecular formula is C16H19F2N3O3.